The van der Waals surface area contributed by atoms with Gasteiger partial charge in [-0.25, -0.2) is 4.39 Å². The summed E-state index contributed by atoms with van der Waals surface area (Å²) in [4.78, 5) is 0. The first-order valence-electron chi connectivity index (χ1n) is 6.63. The molecule has 0 saturated carbocycles. The zero-order valence-electron chi connectivity index (χ0n) is 12.2. The molecular formula is C17H24FN. The van der Waals surface area contributed by atoms with Gasteiger partial charge in [-0.15, -0.1) is 6.42 Å². The first kappa shape index (κ1) is 17.2. The fraction of sp³-hybridized carbons (Fsp3) is 0.412. The Morgan fingerprint density at radius 2 is 2.05 bits per heavy atom. The van der Waals surface area contributed by atoms with Gasteiger partial charge in [0.2, 0.25) is 0 Å². The van der Waals surface area contributed by atoms with Gasteiger partial charge in [0.15, 0.2) is 0 Å². The SMILES string of the molecule is C#CCNC(=C)C.CCC(CC)c1cccc(F)c1. The molecule has 1 rings (SSSR count). The van der Waals surface area contributed by atoms with E-state index in [0.717, 1.165) is 24.1 Å². The monoisotopic (exact) mass is 261 g/mol. The molecule has 1 aromatic rings. The molecule has 0 spiro atoms. The maximum absolute atomic E-state index is 12.8. The van der Waals surface area contributed by atoms with Crippen LogP contribution < -0.4 is 5.32 Å². The van der Waals surface area contributed by atoms with Crippen molar-refractivity contribution in [1.29, 1.82) is 0 Å². The summed E-state index contributed by atoms with van der Waals surface area (Å²) in [5, 5.41) is 2.86. The predicted molar refractivity (Wildman–Crippen MR) is 81.4 cm³/mol. The van der Waals surface area contributed by atoms with Crippen molar-refractivity contribution in [3.8, 4) is 12.3 Å². The van der Waals surface area contributed by atoms with Crippen LogP contribution in [-0.4, -0.2) is 6.54 Å². The van der Waals surface area contributed by atoms with Crippen LogP contribution in [0.25, 0.3) is 0 Å². The summed E-state index contributed by atoms with van der Waals surface area (Å²) in [6, 6.07) is 6.91. The van der Waals surface area contributed by atoms with Gasteiger partial charge in [-0.05, 0) is 43.4 Å². The molecule has 104 valence electrons. The van der Waals surface area contributed by atoms with Gasteiger partial charge in [-0.2, -0.15) is 0 Å². The second-order valence-electron chi connectivity index (χ2n) is 4.41. The van der Waals surface area contributed by atoms with Crippen LogP contribution in [0, 0.1) is 18.2 Å². The first-order valence-corrected chi connectivity index (χ1v) is 6.63. The van der Waals surface area contributed by atoms with Gasteiger partial charge >= 0.3 is 0 Å². The number of rotatable bonds is 5. The van der Waals surface area contributed by atoms with E-state index in [1.807, 2.05) is 13.0 Å². The van der Waals surface area contributed by atoms with E-state index < -0.39 is 0 Å². The molecule has 1 nitrogen and oxygen atoms in total. The van der Waals surface area contributed by atoms with Crippen molar-refractivity contribution in [2.45, 2.75) is 39.5 Å². The van der Waals surface area contributed by atoms with E-state index in [-0.39, 0.29) is 5.82 Å². The lowest BCUT2D eigenvalue weighted by Crippen LogP contribution is -2.08. The van der Waals surface area contributed by atoms with Crippen LogP contribution in [0.3, 0.4) is 0 Å². The molecule has 0 aliphatic rings. The lowest BCUT2D eigenvalue weighted by molar-refractivity contribution is 0.605. The third-order valence-corrected chi connectivity index (χ3v) is 2.80. The maximum atomic E-state index is 12.8. The standard InChI is InChI=1S/C11H15F.C6H9N/c1-3-9(4-2)10-6-5-7-11(12)8-10;1-4-5-7-6(2)3/h5-9H,3-4H2,1-2H3;1,7H,2,5H2,3H3. The average Bonchev–Trinajstić information content (AvgIpc) is 2.39. The molecule has 19 heavy (non-hydrogen) atoms. The van der Waals surface area contributed by atoms with Crippen molar-refractivity contribution in [2.75, 3.05) is 6.54 Å². The van der Waals surface area contributed by atoms with Gasteiger partial charge in [0.25, 0.3) is 0 Å². The third-order valence-electron chi connectivity index (χ3n) is 2.80. The molecule has 2 heteroatoms. The van der Waals surface area contributed by atoms with Crippen LogP contribution in [0.15, 0.2) is 36.5 Å². The van der Waals surface area contributed by atoms with E-state index in [9.17, 15) is 4.39 Å². The Balaban J connectivity index is 0.000000399. The van der Waals surface area contributed by atoms with Crippen molar-refractivity contribution in [3.63, 3.8) is 0 Å². The summed E-state index contributed by atoms with van der Waals surface area (Å²) in [7, 11) is 0. The molecule has 1 aromatic carbocycles. The Labute approximate surface area is 116 Å². The van der Waals surface area contributed by atoms with E-state index in [2.05, 4.69) is 31.7 Å². The highest BCUT2D eigenvalue weighted by atomic mass is 19.1. The number of halogens is 1. The molecule has 0 aromatic heterocycles. The van der Waals surface area contributed by atoms with Crippen LogP contribution in [0.4, 0.5) is 4.39 Å². The van der Waals surface area contributed by atoms with Crippen LogP contribution >= 0.6 is 0 Å². The minimum Gasteiger partial charge on any atom is -0.378 e. The molecule has 0 amide bonds. The van der Waals surface area contributed by atoms with Gasteiger partial charge in [0.1, 0.15) is 5.82 Å². The molecule has 0 saturated heterocycles. The quantitative estimate of drug-likeness (QED) is 0.771. The van der Waals surface area contributed by atoms with Crippen LogP contribution in [-0.2, 0) is 0 Å². The largest absolute Gasteiger partial charge is 0.378 e. The minimum absolute atomic E-state index is 0.126. The summed E-state index contributed by atoms with van der Waals surface area (Å²) < 4.78 is 12.8. The summed E-state index contributed by atoms with van der Waals surface area (Å²) in [6.45, 7) is 10.3. The van der Waals surface area contributed by atoms with Crippen molar-refractivity contribution < 1.29 is 4.39 Å². The Hall–Kier alpha value is -1.75. The Morgan fingerprint density at radius 1 is 1.42 bits per heavy atom. The molecule has 1 N–H and O–H groups in total. The van der Waals surface area contributed by atoms with E-state index in [1.165, 1.54) is 6.07 Å². The van der Waals surface area contributed by atoms with Crippen molar-refractivity contribution in [2.24, 2.45) is 0 Å². The second-order valence-corrected chi connectivity index (χ2v) is 4.41. The average molecular weight is 261 g/mol. The molecule has 0 heterocycles. The van der Waals surface area contributed by atoms with Crippen molar-refractivity contribution in [3.05, 3.63) is 47.9 Å². The Morgan fingerprint density at radius 3 is 2.42 bits per heavy atom. The lowest BCUT2D eigenvalue weighted by Gasteiger charge is -2.11. The highest BCUT2D eigenvalue weighted by Gasteiger charge is 2.06. The minimum atomic E-state index is -0.126. The first-order chi connectivity index (χ1) is 9.04. The van der Waals surface area contributed by atoms with Crippen LogP contribution in [0.2, 0.25) is 0 Å². The number of allylic oxidation sites excluding steroid dienone is 1. The Bertz CT molecular complexity index is 414. The summed E-state index contributed by atoms with van der Waals surface area (Å²) in [6.07, 6.45) is 7.09. The molecule has 0 aliphatic carbocycles. The number of nitrogens with one attached hydrogen (secondary N) is 1. The normalized spacial score (nSPS) is 9.26. The summed E-state index contributed by atoms with van der Waals surface area (Å²) in [5.74, 6) is 2.82. The summed E-state index contributed by atoms with van der Waals surface area (Å²) >= 11 is 0. The summed E-state index contributed by atoms with van der Waals surface area (Å²) in [5.41, 5.74) is 2.04. The Kier molecular flexibility index (Phi) is 9.26. The van der Waals surface area contributed by atoms with E-state index >= 15 is 0 Å². The predicted octanol–water partition coefficient (Wildman–Crippen LogP) is 4.47. The van der Waals surface area contributed by atoms with Crippen LogP contribution in [0.1, 0.15) is 45.1 Å². The molecule has 0 bridgehead atoms. The zero-order chi connectivity index (χ0) is 14.7. The van der Waals surface area contributed by atoms with Crippen LogP contribution in [0.5, 0.6) is 0 Å². The number of hydrogen-bond donors (Lipinski definition) is 1. The highest BCUT2D eigenvalue weighted by Crippen LogP contribution is 2.22. The van der Waals surface area contributed by atoms with Gasteiger partial charge in [0.05, 0.1) is 6.54 Å². The molecular weight excluding hydrogens is 237 g/mol. The number of hydrogen-bond acceptors (Lipinski definition) is 1. The number of terminal acetylenes is 1. The van der Waals surface area contributed by atoms with E-state index in [0.29, 0.717) is 12.5 Å². The lowest BCUT2D eigenvalue weighted by atomic mass is 9.94. The van der Waals surface area contributed by atoms with Crippen molar-refractivity contribution >= 4 is 0 Å². The molecule has 0 atom stereocenters. The molecule has 0 fully saturated rings. The zero-order valence-corrected chi connectivity index (χ0v) is 12.2. The smallest absolute Gasteiger partial charge is 0.123 e. The number of benzene rings is 1. The molecule has 0 radical (unpaired) electrons. The fourth-order valence-corrected chi connectivity index (χ4v) is 1.72. The van der Waals surface area contributed by atoms with Gasteiger partial charge in [0, 0.05) is 5.70 Å². The fourth-order valence-electron chi connectivity index (χ4n) is 1.72. The second kappa shape index (κ2) is 10.2. The van der Waals surface area contributed by atoms with Crippen molar-refractivity contribution in [1.82, 2.24) is 5.32 Å². The topological polar surface area (TPSA) is 12.0 Å². The highest BCUT2D eigenvalue weighted by molar-refractivity contribution is 5.20. The maximum Gasteiger partial charge on any atom is 0.123 e. The van der Waals surface area contributed by atoms with E-state index in [4.69, 9.17) is 6.42 Å². The molecule has 0 aliphatic heterocycles. The van der Waals surface area contributed by atoms with E-state index in [1.54, 1.807) is 12.1 Å². The van der Waals surface area contributed by atoms with Gasteiger partial charge in [-0.1, -0.05) is 38.5 Å². The third kappa shape index (κ3) is 8.05. The molecule has 0 unspecified atom stereocenters. The van der Waals surface area contributed by atoms with Gasteiger partial charge in [-0.3, -0.25) is 0 Å². The van der Waals surface area contributed by atoms with Gasteiger partial charge < -0.3 is 5.32 Å².